The van der Waals surface area contributed by atoms with Gasteiger partial charge < -0.3 is 19.8 Å². The number of aliphatic hydroxyl groups excluding tert-OH is 2. The molecule has 0 unspecified atom stereocenters. The van der Waals surface area contributed by atoms with Gasteiger partial charge in [-0.25, -0.2) is 4.98 Å². The Morgan fingerprint density at radius 3 is 2.46 bits per heavy atom. The monoisotopic (exact) mass is 534 g/mol. The summed E-state index contributed by atoms with van der Waals surface area (Å²) in [6, 6.07) is -0.000307. The number of thiazole rings is 1. The van der Waals surface area contributed by atoms with Crippen LogP contribution in [-0.2, 0) is 19.1 Å². The van der Waals surface area contributed by atoms with E-state index in [1.165, 1.54) is 11.3 Å². The Morgan fingerprint density at radius 1 is 1.19 bits per heavy atom. The van der Waals surface area contributed by atoms with Gasteiger partial charge in [-0.3, -0.25) is 14.4 Å². The zero-order valence-electron chi connectivity index (χ0n) is 23.1. The molecular formula is C28H42N2O6S. The van der Waals surface area contributed by atoms with Gasteiger partial charge in [0.1, 0.15) is 11.9 Å². The minimum Gasteiger partial charge on any atom is -0.458 e. The van der Waals surface area contributed by atoms with Gasteiger partial charge in [0.15, 0.2) is 0 Å². The summed E-state index contributed by atoms with van der Waals surface area (Å²) in [6.45, 7) is 12.2. The number of ether oxygens (including phenoxy) is 1. The number of aryl methyl sites for hydroxylation is 1. The van der Waals surface area contributed by atoms with Gasteiger partial charge in [-0.2, -0.15) is 0 Å². The highest BCUT2D eigenvalue weighted by molar-refractivity contribution is 7.09. The van der Waals surface area contributed by atoms with Crippen LogP contribution in [0.15, 0.2) is 11.0 Å². The second-order valence-corrected chi connectivity index (χ2v) is 12.5. The third-order valence-electron chi connectivity index (χ3n) is 8.18. The lowest BCUT2D eigenvalue weighted by molar-refractivity contribution is -0.154. The maximum Gasteiger partial charge on any atom is 0.309 e. The molecule has 0 aliphatic carbocycles. The van der Waals surface area contributed by atoms with Gasteiger partial charge in [-0.1, -0.05) is 34.1 Å². The Bertz CT molecular complexity index is 1030. The lowest BCUT2D eigenvalue weighted by atomic mass is 9.73. The molecule has 0 aromatic carbocycles. The fourth-order valence-corrected chi connectivity index (χ4v) is 6.13. The number of esters is 1. The van der Waals surface area contributed by atoms with Gasteiger partial charge in [0, 0.05) is 24.6 Å². The van der Waals surface area contributed by atoms with Gasteiger partial charge in [0.25, 0.3) is 0 Å². The molecule has 2 saturated heterocycles. The lowest BCUT2D eigenvalue weighted by Crippen LogP contribution is -2.45. The normalized spacial score (nSPS) is 34.0. The molecule has 3 rings (SSSR count). The van der Waals surface area contributed by atoms with Gasteiger partial charge in [-0.05, 0) is 44.3 Å². The number of hydrogen-bond acceptors (Lipinski definition) is 8. The van der Waals surface area contributed by atoms with E-state index in [4.69, 9.17) is 4.74 Å². The molecule has 1 aromatic rings. The molecule has 2 aliphatic heterocycles. The molecule has 9 heteroatoms. The number of carbonyl (C=O) groups excluding carboxylic acids is 3. The van der Waals surface area contributed by atoms with Crippen molar-refractivity contribution in [3.8, 4) is 0 Å². The molecule has 0 bridgehead atoms. The predicted octanol–water partition coefficient (Wildman–Crippen LogP) is 3.92. The molecule has 0 radical (unpaired) electrons. The third-order valence-corrected chi connectivity index (χ3v) is 8.97. The van der Waals surface area contributed by atoms with Crippen LogP contribution in [0.1, 0.15) is 84.3 Å². The number of ketones is 1. The summed E-state index contributed by atoms with van der Waals surface area (Å²) in [6.07, 6.45) is 1.58. The summed E-state index contributed by atoms with van der Waals surface area (Å²) >= 11 is 1.53. The molecule has 2 N–H and O–H groups in total. The van der Waals surface area contributed by atoms with Crippen LogP contribution in [-0.4, -0.2) is 68.2 Å². The van der Waals surface area contributed by atoms with E-state index in [1.807, 2.05) is 37.1 Å². The molecule has 37 heavy (non-hydrogen) atoms. The van der Waals surface area contributed by atoms with E-state index in [1.54, 1.807) is 27.7 Å². The maximum absolute atomic E-state index is 13.3. The van der Waals surface area contributed by atoms with Gasteiger partial charge >= 0.3 is 5.97 Å². The van der Waals surface area contributed by atoms with E-state index in [2.05, 4.69) is 4.98 Å². The summed E-state index contributed by atoms with van der Waals surface area (Å²) in [4.78, 5) is 44.9. The smallest absolute Gasteiger partial charge is 0.309 e. The van der Waals surface area contributed by atoms with Crippen LogP contribution < -0.4 is 0 Å². The number of cyclic esters (lactones) is 1. The van der Waals surface area contributed by atoms with Crippen molar-refractivity contribution in [2.45, 2.75) is 111 Å². The van der Waals surface area contributed by atoms with Crippen molar-refractivity contribution in [3.05, 3.63) is 21.7 Å². The molecule has 206 valence electrons. The van der Waals surface area contributed by atoms with Gasteiger partial charge in [0.05, 0.1) is 46.8 Å². The summed E-state index contributed by atoms with van der Waals surface area (Å²) in [5.74, 6) is -1.71. The largest absolute Gasteiger partial charge is 0.458 e. The first-order valence-electron chi connectivity index (χ1n) is 13.2. The molecule has 2 aliphatic rings. The molecule has 7 atom stereocenters. The average molecular weight is 535 g/mol. The average Bonchev–Trinajstić information content (AvgIpc) is 3.35. The number of Topliss-reactive ketones (excluding diaryl/α,β-unsaturated/α-hetero) is 1. The van der Waals surface area contributed by atoms with E-state index in [0.717, 1.165) is 35.5 Å². The fraction of sp³-hybridized carbons (Fsp3) is 0.714. The van der Waals surface area contributed by atoms with Crippen LogP contribution >= 0.6 is 11.3 Å². The Morgan fingerprint density at radius 2 is 1.86 bits per heavy atom. The molecule has 2 fully saturated rings. The van der Waals surface area contributed by atoms with Crippen molar-refractivity contribution in [2.24, 2.45) is 17.3 Å². The van der Waals surface area contributed by atoms with E-state index in [0.29, 0.717) is 6.42 Å². The highest BCUT2D eigenvalue weighted by Crippen LogP contribution is 2.39. The van der Waals surface area contributed by atoms with Crippen LogP contribution in [0, 0.1) is 24.2 Å². The van der Waals surface area contributed by atoms with E-state index in [9.17, 15) is 24.6 Å². The topological polar surface area (TPSA) is 117 Å². The predicted molar refractivity (Wildman–Crippen MR) is 143 cm³/mol. The van der Waals surface area contributed by atoms with Crippen LogP contribution in [0.25, 0.3) is 6.08 Å². The van der Waals surface area contributed by atoms with Crippen molar-refractivity contribution in [1.82, 2.24) is 9.88 Å². The summed E-state index contributed by atoms with van der Waals surface area (Å²) in [5.41, 5.74) is 0.359. The molecule has 1 aromatic heterocycles. The lowest BCUT2D eigenvalue weighted by Gasteiger charge is -2.34. The highest BCUT2D eigenvalue weighted by atomic mass is 32.1. The Labute approximate surface area is 224 Å². The van der Waals surface area contributed by atoms with Crippen molar-refractivity contribution in [1.29, 1.82) is 0 Å². The minimum absolute atomic E-state index is 0.0146. The van der Waals surface area contributed by atoms with E-state index in [-0.39, 0.29) is 36.1 Å². The van der Waals surface area contributed by atoms with Crippen LogP contribution in [0.2, 0.25) is 0 Å². The van der Waals surface area contributed by atoms with Gasteiger partial charge in [0.2, 0.25) is 5.91 Å². The fourth-order valence-electron chi connectivity index (χ4n) is 5.56. The second kappa shape index (κ2) is 11.7. The number of hydrogen-bond donors (Lipinski definition) is 2. The van der Waals surface area contributed by atoms with Gasteiger partial charge in [-0.15, -0.1) is 11.3 Å². The SMILES string of the molecule is CC(=O)N1[C@@H]2CCC[C@H](C)[C@H](O)[C@@H](C)C(=O)C(C)(C)[C@@H](O)CC(=O)O[C@H](/C(C)=C/c3csc(C)n3)C[C@@H]21. The Kier molecular flexibility index (Phi) is 9.35. The number of rotatable bonds is 2. The number of aromatic nitrogens is 1. The molecule has 1 amide bonds. The molecule has 3 heterocycles. The molecule has 8 nitrogen and oxygen atoms in total. The zero-order chi connectivity index (χ0) is 27.7. The van der Waals surface area contributed by atoms with Crippen molar-refractivity contribution in [3.63, 3.8) is 0 Å². The third kappa shape index (κ3) is 6.86. The van der Waals surface area contributed by atoms with Crippen LogP contribution in [0.4, 0.5) is 0 Å². The maximum atomic E-state index is 13.3. The van der Waals surface area contributed by atoms with Crippen LogP contribution in [0.3, 0.4) is 0 Å². The molecule has 0 spiro atoms. The summed E-state index contributed by atoms with van der Waals surface area (Å²) < 4.78 is 5.89. The number of carbonyl (C=O) groups is 3. The first kappa shape index (κ1) is 29.5. The first-order valence-corrected chi connectivity index (χ1v) is 14.1. The number of aliphatic hydroxyl groups is 2. The number of fused-ring (bicyclic) bond motifs is 1. The molecular weight excluding hydrogens is 492 g/mol. The Hall–Kier alpha value is -2.10. The van der Waals surface area contributed by atoms with E-state index < -0.39 is 35.6 Å². The highest BCUT2D eigenvalue weighted by Gasteiger charge is 2.50. The zero-order valence-corrected chi connectivity index (χ0v) is 23.9. The van der Waals surface area contributed by atoms with Crippen molar-refractivity contribution in [2.75, 3.05) is 0 Å². The number of amides is 1. The summed E-state index contributed by atoms with van der Waals surface area (Å²) in [5, 5.41) is 24.6. The van der Waals surface area contributed by atoms with E-state index >= 15 is 0 Å². The quantitative estimate of drug-likeness (QED) is 0.436. The van der Waals surface area contributed by atoms with Crippen molar-refractivity contribution < 1.29 is 29.3 Å². The summed E-state index contributed by atoms with van der Waals surface area (Å²) in [7, 11) is 0. The second-order valence-electron chi connectivity index (χ2n) is 11.4. The van der Waals surface area contributed by atoms with Crippen molar-refractivity contribution >= 4 is 35.1 Å². The standard InChI is InChI=1S/C28H42N2O6S/c1-15-9-8-10-21-22(30(21)19(5)31)12-23(16(2)11-20-14-37-18(4)29-20)36-25(33)13-24(32)28(6,7)27(35)17(3)26(15)34/h11,14-15,17,21-24,26,32,34H,8-10,12-13H2,1-7H3/b16-11+/t15-,17+,21+,22-,23-,24-,26-,30?/m0/s1. The minimum atomic E-state index is -1.26. The molecule has 0 saturated carbocycles. The first-order chi connectivity index (χ1) is 17.2. The van der Waals surface area contributed by atoms with Crippen LogP contribution in [0.5, 0.6) is 0 Å². The number of nitrogens with zero attached hydrogens (tertiary/aromatic N) is 2. The Balaban J connectivity index is 1.90.